The van der Waals surface area contributed by atoms with E-state index in [1.54, 1.807) is 7.11 Å². The molecule has 0 radical (unpaired) electrons. The highest BCUT2D eigenvalue weighted by Crippen LogP contribution is 2.33. The van der Waals surface area contributed by atoms with Crippen LogP contribution in [0.2, 0.25) is 0 Å². The molecule has 0 bridgehead atoms. The Morgan fingerprint density at radius 3 is 2.45 bits per heavy atom. The van der Waals surface area contributed by atoms with E-state index in [0.717, 1.165) is 30.7 Å². The Bertz CT molecular complexity index is 462. The number of rotatable bonds is 2. The van der Waals surface area contributed by atoms with Crippen LogP contribution in [-0.2, 0) is 4.74 Å². The van der Waals surface area contributed by atoms with Crippen molar-refractivity contribution in [2.45, 2.75) is 45.3 Å². The quantitative estimate of drug-likeness (QED) is 0.826. The molecule has 1 aromatic rings. The topological polar surface area (TPSA) is 38.8 Å². The Balaban J connectivity index is 2.12. The minimum absolute atomic E-state index is 0.107. The number of nitrogens with zero attached hydrogens (tertiary/aromatic N) is 1. The number of benzene rings is 1. The number of hydrogen-bond donors (Lipinski definition) is 0. The van der Waals surface area contributed by atoms with Crippen molar-refractivity contribution in [1.29, 1.82) is 0 Å². The molecule has 0 N–H and O–H groups in total. The highest BCUT2D eigenvalue weighted by atomic mass is 16.6. The van der Waals surface area contributed by atoms with E-state index in [1.807, 2.05) is 49.9 Å². The van der Waals surface area contributed by atoms with E-state index in [-0.39, 0.29) is 12.1 Å². The minimum Gasteiger partial charge on any atom is -0.497 e. The molecule has 0 aromatic heterocycles. The van der Waals surface area contributed by atoms with Crippen LogP contribution in [-0.4, -0.2) is 30.2 Å². The van der Waals surface area contributed by atoms with Gasteiger partial charge in [-0.15, -0.1) is 0 Å². The van der Waals surface area contributed by atoms with E-state index in [2.05, 4.69) is 0 Å². The maximum atomic E-state index is 12.2. The van der Waals surface area contributed by atoms with Crippen LogP contribution in [0.5, 0.6) is 5.75 Å². The Labute approximate surface area is 120 Å². The monoisotopic (exact) mass is 277 g/mol. The van der Waals surface area contributed by atoms with Gasteiger partial charge in [-0.25, -0.2) is 4.79 Å². The van der Waals surface area contributed by atoms with Gasteiger partial charge in [-0.2, -0.15) is 0 Å². The van der Waals surface area contributed by atoms with Crippen molar-refractivity contribution in [3.05, 3.63) is 29.8 Å². The van der Waals surface area contributed by atoms with Crippen LogP contribution >= 0.6 is 0 Å². The molecule has 20 heavy (non-hydrogen) atoms. The number of methoxy groups -OCH3 is 1. The largest absolute Gasteiger partial charge is 0.497 e. The summed E-state index contributed by atoms with van der Waals surface area (Å²) in [6.45, 7) is 6.43. The molecule has 1 aliphatic rings. The van der Waals surface area contributed by atoms with Crippen molar-refractivity contribution in [1.82, 2.24) is 4.90 Å². The molecule has 0 spiro atoms. The van der Waals surface area contributed by atoms with Crippen LogP contribution in [0.3, 0.4) is 0 Å². The smallest absolute Gasteiger partial charge is 0.410 e. The third-order valence-corrected chi connectivity index (χ3v) is 3.38. The van der Waals surface area contributed by atoms with Gasteiger partial charge < -0.3 is 14.4 Å². The molecule has 1 amide bonds. The van der Waals surface area contributed by atoms with Gasteiger partial charge in [-0.3, -0.25) is 0 Å². The molecule has 1 aliphatic heterocycles. The number of carbonyl (C=O) groups is 1. The van der Waals surface area contributed by atoms with E-state index in [4.69, 9.17) is 9.47 Å². The first-order valence-corrected chi connectivity index (χ1v) is 7.04. The molecule has 0 unspecified atom stereocenters. The molecule has 1 saturated heterocycles. The Kier molecular flexibility index (Phi) is 4.21. The Hall–Kier alpha value is -1.71. The van der Waals surface area contributed by atoms with Crippen LogP contribution in [0.4, 0.5) is 4.79 Å². The number of ether oxygens (including phenoxy) is 2. The maximum absolute atomic E-state index is 12.2. The Morgan fingerprint density at radius 2 is 1.90 bits per heavy atom. The van der Waals surface area contributed by atoms with Crippen LogP contribution < -0.4 is 4.74 Å². The van der Waals surface area contributed by atoms with Crippen molar-refractivity contribution in [3.8, 4) is 5.75 Å². The fourth-order valence-corrected chi connectivity index (χ4v) is 2.48. The summed E-state index contributed by atoms with van der Waals surface area (Å²) in [6.07, 6.45) is 1.76. The second kappa shape index (κ2) is 5.73. The number of amides is 1. The summed E-state index contributed by atoms with van der Waals surface area (Å²) in [6, 6.07) is 8.01. The minimum atomic E-state index is -0.454. The molecule has 110 valence electrons. The molecule has 1 fully saturated rings. The molecule has 1 aromatic carbocycles. The van der Waals surface area contributed by atoms with Gasteiger partial charge in [0.15, 0.2) is 0 Å². The summed E-state index contributed by atoms with van der Waals surface area (Å²) in [4.78, 5) is 14.1. The lowest BCUT2D eigenvalue weighted by Crippen LogP contribution is -2.36. The first kappa shape index (κ1) is 14.7. The highest BCUT2D eigenvalue weighted by Gasteiger charge is 2.32. The van der Waals surface area contributed by atoms with E-state index in [9.17, 15) is 4.79 Å². The predicted molar refractivity (Wildman–Crippen MR) is 77.9 cm³/mol. The third kappa shape index (κ3) is 3.44. The van der Waals surface area contributed by atoms with E-state index in [0.29, 0.717) is 0 Å². The van der Waals surface area contributed by atoms with Gasteiger partial charge in [-0.05, 0) is 51.3 Å². The van der Waals surface area contributed by atoms with E-state index < -0.39 is 5.60 Å². The second-order valence-electron chi connectivity index (χ2n) is 6.10. The molecule has 2 rings (SSSR count). The summed E-state index contributed by atoms with van der Waals surface area (Å²) in [5.41, 5.74) is 0.679. The highest BCUT2D eigenvalue weighted by molar-refractivity contribution is 5.69. The van der Waals surface area contributed by atoms with Gasteiger partial charge in [0.05, 0.1) is 13.2 Å². The number of likely N-dealkylation sites (tertiary alicyclic amines) is 1. The van der Waals surface area contributed by atoms with Crippen molar-refractivity contribution in [2.24, 2.45) is 0 Å². The molecule has 4 nitrogen and oxygen atoms in total. The van der Waals surface area contributed by atoms with Crippen LogP contribution in [0, 0.1) is 0 Å². The summed E-state index contributed by atoms with van der Waals surface area (Å²) >= 11 is 0. The lowest BCUT2D eigenvalue weighted by Gasteiger charge is -2.28. The average molecular weight is 277 g/mol. The van der Waals surface area contributed by atoms with Crippen LogP contribution in [0.15, 0.2) is 24.3 Å². The third-order valence-electron chi connectivity index (χ3n) is 3.38. The average Bonchev–Trinajstić information content (AvgIpc) is 2.86. The van der Waals surface area contributed by atoms with Gasteiger partial charge >= 0.3 is 6.09 Å². The molecule has 1 heterocycles. The van der Waals surface area contributed by atoms with Crippen molar-refractivity contribution in [2.75, 3.05) is 13.7 Å². The molecule has 4 heteroatoms. The van der Waals surface area contributed by atoms with Gasteiger partial charge in [-0.1, -0.05) is 12.1 Å². The first-order chi connectivity index (χ1) is 9.40. The second-order valence-corrected chi connectivity index (χ2v) is 6.10. The number of carbonyl (C=O) groups excluding carboxylic acids is 1. The van der Waals surface area contributed by atoms with Crippen LogP contribution in [0.1, 0.15) is 45.2 Å². The van der Waals surface area contributed by atoms with Crippen molar-refractivity contribution >= 4 is 6.09 Å². The SMILES string of the molecule is COc1ccc([C@H]2CCCN2C(=O)OC(C)(C)C)cc1. The zero-order valence-corrected chi connectivity index (χ0v) is 12.7. The summed E-state index contributed by atoms with van der Waals surface area (Å²) in [7, 11) is 1.65. The Morgan fingerprint density at radius 1 is 1.25 bits per heavy atom. The maximum Gasteiger partial charge on any atom is 0.410 e. The zero-order valence-electron chi connectivity index (χ0n) is 12.7. The molecular formula is C16H23NO3. The van der Waals surface area contributed by atoms with Gasteiger partial charge in [0.2, 0.25) is 0 Å². The standard InChI is InChI=1S/C16H23NO3/c1-16(2,3)20-15(18)17-11-5-6-14(17)12-7-9-13(19-4)10-8-12/h7-10,14H,5-6,11H2,1-4H3/t14-/m1/s1. The number of hydrogen-bond acceptors (Lipinski definition) is 3. The fourth-order valence-electron chi connectivity index (χ4n) is 2.48. The molecular weight excluding hydrogens is 254 g/mol. The van der Waals surface area contributed by atoms with Gasteiger partial charge in [0.1, 0.15) is 11.4 Å². The normalized spacial score (nSPS) is 19.0. The summed E-state index contributed by atoms with van der Waals surface area (Å²) < 4.78 is 10.6. The zero-order chi connectivity index (χ0) is 14.8. The van der Waals surface area contributed by atoms with E-state index in [1.165, 1.54) is 0 Å². The van der Waals surface area contributed by atoms with Gasteiger partial charge in [0.25, 0.3) is 0 Å². The molecule has 0 saturated carbocycles. The predicted octanol–water partition coefficient (Wildman–Crippen LogP) is 3.77. The lowest BCUT2D eigenvalue weighted by molar-refractivity contribution is 0.0224. The van der Waals surface area contributed by atoms with Gasteiger partial charge in [0, 0.05) is 6.54 Å². The molecule has 1 atom stereocenters. The van der Waals surface area contributed by atoms with Crippen molar-refractivity contribution < 1.29 is 14.3 Å². The summed E-state index contributed by atoms with van der Waals surface area (Å²) in [5.74, 6) is 0.829. The van der Waals surface area contributed by atoms with Crippen molar-refractivity contribution in [3.63, 3.8) is 0 Å². The molecule has 0 aliphatic carbocycles. The fraction of sp³-hybridized carbons (Fsp3) is 0.562. The first-order valence-electron chi connectivity index (χ1n) is 7.04. The van der Waals surface area contributed by atoms with Crippen LogP contribution in [0.25, 0.3) is 0 Å². The lowest BCUT2D eigenvalue weighted by atomic mass is 10.0. The van der Waals surface area contributed by atoms with E-state index >= 15 is 0 Å². The summed E-state index contributed by atoms with van der Waals surface area (Å²) in [5, 5.41) is 0.